The molecule has 0 radical (unpaired) electrons. The molecule has 1 aliphatic rings. The molecule has 1 fully saturated rings. The van der Waals surface area contributed by atoms with Gasteiger partial charge in [0, 0.05) is 26.1 Å². The Morgan fingerprint density at radius 1 is 1.00 bits per heavy atom. The minimum Gasteiger partial charge on any atom is -0.492 e. The first-order valence-electron chi connectivity index (χ1n) is 8.56. The minimum absolute atomic E-state index is 0.491. The molecule has 2 aromatic carbocycles. The second-order valence-corrected chi connectivity index (χ2v) is 6.08. The number of morpholine rings is 1. The fraction of sp³-hybridized carbons (Fsp3) is 0.400. The molecule has 0 bridgehead atoms. The number of ether oxygens (including phenoxy) is 2. The van der Waals surface area contributed by atoms with Crippen molar-refractivity contribution in [2.75, 3.05) is 39.5 Å². The SMILES string of the molecule is OC(Cc1ccccc1)c1ccc(OCCN2CCOCC2)cc1. The smallest absolute Gasteiger partial charge is 0.119 e. The van der Waals surface area contributed by atoms with Gasteiger partial charge < -0.3 is 14.6 Å². The minimum atomic E-state index is -0.491. The summed E-state index contributed by atoms with van der Waals surface area (Å²) in [6.45, 7) is 5.18. The van der Waals surface area contributed by atoms with Crippen LogP contribution in [0.25, 0.3) is 0 Å². The lowest BCUT2D eigenvalue weighted by molar-refractivity contribution is 0.0322. The molecule has 0 aliphatic carbocycles. The topological polar surface area (TPSA) is 41.9 Å². The van der Waals surface area contributed by atoms with Crippen LogP contribution in [-0.2, 0) is 11.2 Å². The lowest BCUT2D eigenvalue weighted by atomic mass is 10.0. The van der Waals surface area contributed by atoms with E-state index in [1.807, 2.05) is 54.6 Å². The number of hydrogen-bond donors (Lipinski definition) is 1. The van der Waals surface area contributed by atoms with E-state index in [1.165, 1.54) is 0 Å². The summed E-state index contributed by atoms with van der Waals surface area (Å²) in [5.74, 6) is 0.846. The third kappa shape index (κ3) is 5.06. The maximum Gasteiger partial charge on any atom is 0.119 e. The molecule has 4 heteroatoms. The summed E-state index contributed by atoms with van der Waals surface area (Å²) in [5.41, 5.74) is 2.05. The Hall–Kier alpha value is -1.88. The first kappa shape index (κ1) is 17.0. The van der Waals surface area contributed by atoms with Crippen molar-refractivity contribution in [3.63, 3.8) is 0 Å². The molecule has 3 rings (SSSR count). The molecule has 24 heavy (non-hydrogen) atoms. The molecular formula is C20H25NO3. The van der Waals surface area contributed by atoms with Crippen LogP contribution in [0.4, 0.5) is 0 Å². The van der Waals surface area contributed by atoms with E-state index in [0.717, 1.165) is 49.7 Å². The summed E-state index contributed by atoms with van der Waals surface area (Å²) in [6, 6.07) is 17.8. The molecule has 0 amide bonds. The van der Waals surface area contributed by atoms with Gasteiger partial charge in [-0.15, -0.1) is 0 Å². The second kappa shape index (κ2) is 8.83. The quantitative estimate of drug-likeness (QED) is 0.849. The zero-order chi connectivity index (χ0) is 16.6. The molecule has 1 N–H and O–H groups in total. The molecule has 1 aliphatic heterocycles. The Kier molecular flexibility index (Phi) is 6.24. The summed E-state index contributed by atoms with van der Waals surface area (Å²) in [7, 11) is 0. The normalized spacial score (nSPS) is 16.7. The van der Waals surface area contributed by atoms with Gasteiger partial charge >= 0.3 is 0 Å². The molecule has 0 saturated carbocycles. The van der Waals surface area contributed by atoms with Gasteiger partial charge in [-0.05, 0) is 23.3 Å². The third-order valence-corrected chi connectivity index (χ3v) is 4.32. The van der Waals surface area contributed by atoms with Crippen molar-refractivity contribution in [2.24, 2.45) is 0 Å². The first-order valence-corrected chi connectivity index (χ1v) is 8.56. The molecular weight excluding hydrogens is 302 g/mol. The molecule has 0 aromatic heterocycles. The van der Waals surface area contributed by atoms with Gasteiger partial charge in [0.05, 0.1) is 19.3 Å². The Morgan fingerprint density at radius 2 is 1.71 bits per heavy atom. The predicted octanol–water partition coefficient (Wildman–Crippen LogP) is 2.67. The van der Waals surface area contributed by atoms with Gasteiger partial charge in [0.2, 0.25) is 0 Å². The molecule has 1 saturated heterocycles. The first-order chi connectivity index (χ1) is 11.8. The van der Waals surface area contributed by atoms with E-state index in [2.05, 4.69) is 4.90 Å². The number of benzene rings is 2. The highest BCUT2D eigenvalue weighted by molar-refractivity contribution is 5.29. The second-order valence-electron chi connectivity index (χ2n) is 6.08. The van der Waals surface area contributed by atoms with E-state index in [1.54, 1.807) is 0 Å². The maximum atomic E-state index is 10.4. The predicted molar refractivity (Wildman–Crippen MR) is 94.3 cm³/mol. The van der Waals surface area contributed by atoms with Gasteiger partial charge in [0.25, 0.3) is 0 Å². The van der Waals surface area contributed by atoms with Crippen LogP contribution < -0.4 is 4.74 Å². The summed E-state index contributed by atoms with van der Waals surface area (Å²) >= 11 is 0. The highest BCUT2D eigenvalue weighted by Gasteiger charge is 2.11. The zero-order valence-corrected chi connectivity index (χ0v) is 13.9. The van der Waals surface area contributed by atoms with Crippen molar-refractivity contribution in [1.29, 1.82) is 0 Å². The average molecular weight is 327 g/mol. The number of hydrogen-bond acceptors (Lipinski definition) is 4. The van der Waals surface area contributed by atoms with Gasteiger partial charge in [-0.3, -0.25) is 4.90 Å². The molecule has 4 nitrogen and oxygen atoms in total. The van der Waals surface area contributed by atoms with Crippen LogP contribution in [0, 0.1) is 0 Å². The van der Waals surface area contributed by atoms with Gasteiger partial charge in [-0.1, -0.05) is 42.5 Å². The molecule has 2 aromatic rings. The number of aliphatic hydroxyl groups excluding tert-OH is 1. The Bertz CT molecular complexity index is 594. The summed E-state index contributed by atoms with van der Waals surface area (Å²) in [5, 5.41) is 10.4. The standard InChI is InChI=1S/C20H25NO3/c22-20(16-17-4-2-1-3-5-17)18-6-8-19(9-7-18)24-15-12-21-10-13-23-14-11-21/h1-9,20,22H,10-16H2. The zero-order valence-electron chi connectivity index (χ0n) is 13.9. The van der Waals surface area contributed by atoms with Crippen LogP contribution in [0.5, 0.6) is 5.75 Å². The van der Waals surface area contributed by atoms with Crippen LogP contribution in [0.1, 0.15) is 17.2 Å². The summed E-state index contributed by atoms with van der Waals surface area (Å²) < 4.78 is 11.1. The van der Waals surface area contributed by atoms with Crippen molar-refractivity contribution < 1.29 is 14.6 Å². The van der Waals surface area contributed by atoms with Crippen LogP contribution in [0.15, 0.2) is 54.6 Å². The summed E-state index contributed by atoms with van der Waals surface area (Å²) in [6.07, 6.45) is 0.132. The van der Waals surface area contributed by atoms with Gasteiger partial charge in [0.15, 0.2) is 0 Å². The Morgan fingerprint density at radius 3 is 2.42 bits per heavy atom. The number of nitrogens with zero attached hydrogens (tertiary/aromatic N) is 1. The van der Waals surface area contributed by atoms with Crippen LogP contribution in [0.2, 0.25) is 0 Å². The third-order valence-electron chi connectivity index (χ3n) is 4.32. The highest BCUT2D eigenvalue weighted by atomic mass is 16.5. The van der Waals surface area contributed by atoms with Crippen molar-refractivity contribution >= 4 is 0 Å². The van der Waals surface area contributed by atoms with E-state index in [4.69, 9.17) is 9.47 Å². The Labute approximate surface area is 143 Å². The van der Waals surface area contributed by atoms with Crippen molar-refractivity contribution in [2.45, 2.75) is 12.5 Å². The monoisotopic (exact) mass is 327 g/mol. The fourth-order valence-electron chi connectivity index (χ4n) is 2.86. The van der Waals surface area contributed by atoms with E-state index >= 15 is 0 Å². The number of rotatable bonds is 7. The number of aliphatic hydroxyl groups is 1. The van der Waals surface area contributed by atoms with E-state index in [9.17, 15) is 5.11 Å². The van der Waals surface area contributed by atoms with Crippen molar-refractivity contribution in [1.82, 2.24) is 4.90 Å². The molecule has 128 valence electrons. The van der Waals surface area contributed by atoms with E-state index in [-0.39, 0.29) is 0 Å². The van der Waals surface area contributed by atoms with Crippen molar-refractivity contribution in [3.8, 4) is 5.75 Å². The largest absolute Gasteiger partial charge is 0.492 e. The van der Waals surface area contributed by atoms with Crippen molar-refractivity contribution in [3.05, 3.63) is 65.7 Å². The fourth-order valence-corrected chi connectivity index (χ4v) is 2.86. The van der Waals surface area contributed by atoms with Gasteiger partial charge in [0.1, 0.15) is 12.4 Å². The lowest BCUT2D eigenvalue weighted by Crippen LogP contribution is -2.38. The van der Waals surface area contributed by atoms with E-state index < -0.39 is 6.10 Å². The van der Waals surface area contributed by atoms with Crippen LogP contribution in [0.3, 0.4) is 0 Å². The lowest BCUT2D eigenvalue weighted by Gasteiger charge is -2.26. The summed E-state index contributed by atoms with van der Waals surface area (Å²) in [4.78, 5) is 2.35. The van der Waals surface area contributed by atoms with Gasteiger partial charge in [-0.2, -0.15) is 0 Å². The highest BCUT2D eigenvalue weighted by Crippen LogP contribution is 2.21. The van der Waals surface area contributed by atoms with Gasteiger partial charge in [-0.25, -0.2) is 0 Å². The van der Waals surface area contributed by atoms with Crippen LogP contribution >= 0.6 is 0 Å². The van der Waals surface area contributed by atoms with E-state index in [0.29, 0.717) is 13.0 Å². The molecule has 1 unspecified atom stereocenters. The molecule has 1 heterocycles. The molecule has 0 spiro atoms. The molecule has 1 atom stereocenters. The Balaban J connectivity index is 1.46. The average Bonchev–Trinajstić information content (AvgIpc) is 2.64. The van der Waals surface area contributed by atoms with Crippen LogP contribution in [-0.4, -0.2) is 49.5 Å². The maximum absolute atomic E-state index is 10.4.